The van der Waals surface area contributed by atoms with E-state index in [-0.39, 0.29) is 5.91 Å². The molecule has 0 bridgehead atoms. The molecule has 0 spiro atoms. The maximum absolute atomic E-state index is 12.1. The zero-order chi connectivity index (χ0) is 14.3. The van der Waals surface area contributed by atoms with Crippen LogP contribution in [0.25, 0.3) is 0 Å². The molecule has 1 aromatic carbocycles. The minimum Gasteiger partial charge on any atom is -0.496 e. The molecule has 0 heterocycles. The van der Waals surface area contributed by atoms with Gasteiger partial charge in [-0.2, -0.15) is 0 Å². The maximum atomic E-state index is 12.1. The summed E-state index contributed by atoms with van der Waals surface area (Å²) in [6.45, 7) is 5.43. The number of hydrogen-bond acceptors (Lipinski definition) is 3. The second-order valence-electron chi connectivity index (χ2n) is 4.94. The molecule has 4 nitrogen and oxygen atoms in total. The number of nitrogens with two attached hydrogens (primary N) is 1. The van der Waals surface area contributed by atoms with Crippen LogP contribution in [0.5, 0.6) is 5.75 Å². The van der Waals surface area contributed by atoms with Crippen molar-refractivity contribution in [3.8, 4) is 5.75 Å². The molecule has 0 aromatic heterocycles. The standard InChI is InChI=1S/C15H24N2O2/c1-11-6-7-14(19-3)13(9-11)15(18)17-8-4-5-12(2)10-16/h6-7,9,12H,4-5,8,10,16H2,1-3H3,(H,17,18). The third kappa shape index (κ3) is 4.91. The molecule has 1 amide bonds. The van der Waals surface area contributed by atoms with Crippen molar-refractivity contribution in [2.24, 2.45) is 11.7 Å². The van der Waals surface area contributed by atoms with E-state index < -0.39 is 0 Å². The van der Waals surface area contributed by atoms with E-state index in [1.165, 1.54) is 0 Å². The molecule has 1 aromatic rings. The smallest absolute Gasteiger partial charge is 0.255 e. The fourth-order valence-corrected chi connectivity index (χ4v) is 1.86. The van der Waals surface area contributed by atoms with Gasteiger partial charge in [-0.15, -0.1) is 0 Å². The molecule has 0 aliphatic heterocycles. The number of rotatable bonds is 7. The van der Waals surface area contributed by atoms with Crippen LogP contribution < -0.4 is 15.8 Å². The van der Waals surface area contributed by atoms with Crippen molar-refractivity contribution in [1.29, 1.82) is 0 Å². The molecule has 19 heavy (non-hydrogen) atoms. The molecular weight excluding hydrogens is 240 g/mol. The summed E-state index contributed by atoms with van der Waals surface area (Å²) in [6.07, 6.45) is 1.97. The number of amides is 1. The molecule has 1 rings (SSSR count). The van der Waals surface area contributed by atoms with Gasteiger partial charge >= 0.3 is 0 Å². The molecule has 3 N–H and O–H groups in total. The Morgan fingerprint density at radius 3 is 2.84 bits per heavy atom. The first-order valence-corrected chi connectivity index (χ1v) is 6.71. The Morgan fingerprint density at radius 2 is 2.21 bits per heavy atom. The Labute approximate surface area is 115 Å². The van der Waals surface area contributed by atoms with Crippen molar-refractivity contribution in [1.82, 2.24) is 5.32 Å². The normalized spacial score (nSPS) is 12.0. The van der Waals surface area contributed by atoms with Crippen molar-refractivity contribution >= 4 is 5.91 Å². The lowest BCUT2D eigenvalue weighted by molar-refractivity contribution is 0.0949. The van der Waals surface area contributed by atoms with Gasteiger partial charge < -0.3 is 15.8 Å². The van der Waals surface area contributed by atoms with E-state index in [4.69, 9.17) is 10.5 Å². The molecule has 0 aliphatic carbocycles. The van der Waals surface area contributed by atoms with Gasteiger partial charge in [-0.05, 0) is 44.4 Å². The largest absolute Gasteiger partial charge is 0.496 e. The third-order valence-corrected chi connectivity index (χ3v) is 3.16. The average molecular weight is 264 g/mol. The molecule has 0 saturated heterocycles. The van der Waals surface area contributed by atoms with Gasteiger partial charge in [-0.3, -0.25) is 4.79 Å². The van der Waals surface area contributed by atoms with Crippen molar-refractivity contribution in [2.45, 2.75) is 26.7 Å². The van der Waals surface area contributed by atoms with E-state index in [2.05, 4.69) is 12.2 Å². The van der Waals surface area contributed by atoms with E-state index in [1.54, 1.807) is 7.11 Å². The lowest BCUT2D eigenvalue weighted by Gasteiger charge is -2.11. The number of nitrogens with one attached hydrogen (secondary N) is 1. The Bertz CT molecular complexity index is 419. The van der Waals surface area contributed by atoms with Crippen LogP contribution in [0, 0.1) is 12.8 Å². The lowest BCUT2D eigenvalue weighted by atomic mass is 10.1. The highest BCUT2D eigenvalue weighted by molar-refractivity contribution is 5.97. The Morgan fingerprint density at radius 1 is 1.47 bits per heavy atom. The second kappa shape index (κ2) is 7.79. The summed E-state index contributed by atoms with van der Waals surface area (Å²) in [7, 11) is 1.57. The summed E-state index contributed by atoms with van der Waals surface area (Å²) in [6, 6.07) is 5.59. The molecule has 1 atom stereocenters. The summed E-state index contributed by atoms with van der Waals surface area (Å²) < 4.78 is 5.21. The summed E-state index contributed by atoms with van der Waals surface area (Å²) >= 11 is 0. The van der Waals surface area contributed by atoms with Gasteiger partial charge in [-0.1, -0.05) is 18.6 Å². The first-order valence-electron chi connectivity index (χ1n) is 6.71. The van der Waals surface area contributed by atoms with E-state index in [0.29, 0.717) is 30.3 Å². The van der Waals surface area contributed by atoms with Crippen LogP contribution >= 0.6 is 0 Å². The van der Waals surface area contributed by atoms with Gasteiger partial charge in [-0.25, -0.2) is 0 Å². The average Bonchev–Trinajstić information content (AvgIpc) is 2.42. The molecule has 106 valence electrons. The predicted molar refractivity (Wildman–Crippen MR) is 77.5 cm³/mol. The SMILES string of the molecule is COc1ccc(C)cc1C(=O)NCCCC(C)CN. The van der Waals surface area contributed by atoms with Crippen molar-refractivity contribution in [2.75, 3.05) is 20.2 Å². The highest BCUT2D eigenvalue weighted by Gasteiger charge is 2.11. The van der Waals surface area contributed by atoms with Crippen molar-refractivity contribution in [3.63, 3.8) is 0 Å². The van der Waals surface area contributed by atoms with Gasteiger partial charge in [0.2, 0.25) is 0 Å². The topological polar surface area (TPSA) is 64.3 Å². The zero-order valence-electron chi connectivity index (χ0n) is 12.0. The fraction of sp³-hybridized carbons (Fsp3) is 0.533. The van der Waals surface area contributed by atoms with Crippen LogP contribution in [0.3, 0.4) is 0 Å². The minimum atomic E-state index is -0.0825. The van der Waals surface area contributed by atoms with Gasteiger partial charge in [0.1, 0.15) is 5.75 Å². The number of carbonyl (C=O) groups excluding carboxylic acids is 1. The number of carbonyl (C=O) groups is 1. The number of methoxy groups -OCH3 is 1. The van der Waals surface area contributed by atoms with Gasteiger partial charge in [0.25, 0.3) is 5.91 Å². The quantitative estimate of drug-likeness (QED) is 0.741. The Hall–Kier alpha value is -1.55. The number of hydrogen-bond donors (Lipinski definition) is 2. The molecule has 0 radical (unpaired) electrons. The molecule has 4 heteroatoms. The van der Waals surface area contributed by atoms with Gasteiger partial charge in [0, 0.05) is 6.54 Å². The van der Waals surface area contributed by atoms with Crippen molar-refractivity contribution in [3.05, 3.63) is 29.3 Å². The summed E-state index contributed by atoms with van der Waals surface area (Å²) in [5, 5.41) is 2.92. The molecule has 0 aliphatic rings. The van der Waals surface area contributed by atoms with Crippen molar-refractivity contribution < 1.29 is 9.53 Å². The zero-order valence-corrected chi connectivity index (χ0v) is 12.0. The van der Waals surface area contributed by atoms with Crippen LogP contribution in [-0.2, 0) is 0 Å². The van der Waals surface area contributed by atoms with E-state index in [0.717, 1.165) is 18.4 Å². The molecular formula is C15H24N2O2. The van der Waals surface area contributed by atoms with Crippen LogP contribution in [0.15, 0.2) is 18.2 Å². The van der Waals surface area contributed by atoms with E-state index >= 15 is 0 Å². The van der Waals surface area contributed by atoms with Gasteiger partial charge in [0.05, 0.1) is 12.7 Å². The first kappa shape index (κ1) is 15.5. The Kier molecular flexibility index (Phi) is 6.36. The monoisotopic (exact) mass is 264 g/mol. The van der Waals surface area contributed by atoms with E-state index in [1.807, 2.05) is 25.1 Å². The maximum Gasteiger partial charge on any atom is 0.255 e. The first-order chi connectivity index (χ1) is 9.08. The van der Waals surface area contributed by atoms with E-state index in [9.17, 15) is 4.79 Å². The summed E-state index contributed by atoms with van der Waals surface area (Å²) in [4.78, 5) is 12.1. The van der Waals surface area contributed by atoms with Gasteiger partial charge in [0.15, 0.2) is 0 Å². The number of ether oxygens (including phenoxy) is 1. The lowest BCUT2D eigenvalue weighted by Crippen LogP contribution is -2.25. The van der Waals surface area contributed by atoms with Crippen LogP contribution in [0.1, 0.15) is 35.7 Å². The van der Waals surface area contributed by atoms with Crippen LogP contribution in [-0.4, -0.2) is 26.1 Å². The molecule has 1 unspecified atom stereocenters. The molecule has 0 fully saturated rings. The van der Waals surface area contributed by atoms with Crippen LogP contribution in [0.2, 0.25) is 0 Å². The minimum absolute atomic E-state index is 0.0825. The summed E-state index contributed by atoms with van der Waals surface area (Å²) in [5.74, 6) is 1.03. The third-order valence-electron chi connectivity index (χ3n) is 3.16. The highest BCUT2D eigenvalue weighted by atomic mass is 16.5. The molecule has 0 saturated carbocycles. The fourth-order valence-electron chi connectivity index (χ4n) is 1.86. The second-order valence-corrected chi connectivity index (χ2v) is 4.94. The predicted octanol–water partition coefficient (Wildman–Crippen LogP) is 2.11. The van der Waals surface area contributed by atoms with Crippen LogP contribution in [0.4, 0.5) is 0 Å². The number of benzene rings is 1. The summed E-state index contributed by atoms with van der Waals surface area (Å²) in [5.41, 5.74) is 7.19. The Balaban J connectivity index is 2.51. The highest BCUT2D eigenvalue weighted by Crippen LogP contribution is 2.19. The number of aryl methyl sites for hydroxylation is 1.